The molecule has 1 fully saturated rings. The van der Waals surface area contributed by atoms with Crippen LogP contribution in [0.5, 0.6) is 0 Å². The van der Waals surface area contributed by atoms with Crippen LogP contribution >= 0.6 is 0 Å². The van der Waals surface area contributed by atoms with Crippen LogP contribution in [0.2, 0.25) is 0 Å². The van der Waals surface area contributed by atoms with E-state index in [4.69, 9.17) is 4.74 Å². The number of fused-ring (bicyclic) bond motifs is 1. The summed E-state index contributed by atoms with van der Waals surface area (Å²) in [4.78, 5) is 0. The molecule has 0 radical (unpaired) electrons. The van der Waals surface area contributed by atoms with Crippen LogP contribution in [0.1, 0.15) is 66.7 Å². The maximum absolute atomic E-state index is 6.04. The molecule has 0 aromatic carbocycles. The summed E-state index contributed by atoms with van der Waals surface area (Å²) >= 11 is 0. The van der Waals surface area contributed by atoms with E-state index in [-0.39, 0.29) is 0 Å². The van der Waals surface area contributed by atoms with Crippen LogP contribution < -0.4 is 5.43 Å². The fourth-order valence-electron chi connectivity index (χ4n) is 3.48. The van der Waals surface area contributed by atoms with Gasteiger partial charge in [0.25, 0.3) is 0 Å². The Balaban J connectivity index is 2.10. The Labute approximate surface area is 123 Å². The predicted octanol–water partition coefficient (Wildman–Crippen LogP) is 4.25. The van der Waals surface area contributed by atoms with Crippen molar-refractivity contribution >= 4 is 5.71 Å². The van der Waals surface area contributed by atoms with E-state index in [9.17, 15) is 0 Å². The number of ether oxygens (including phenoxy) is 1. The molecule has 0 aromatic rings. The average Bonchev–Trinajstić information content (AvgIpc) is 2.33. The van der Waals surface area contributed by atoms with Crippen molar-refractivity contribution in [2.45, 2.75) is 78.9 Å². The van der Waals surface area contributed by atoms with Gasteiger partial charge < -0.3 is 4.74 Å². The Morgan fingerprint density at radius 1 is 1.15 bits per heavy atom. The second kappa shape index (κ2) is 6.75. The monoisotopic (exact) mass is 278 g/mol. The lowest BCUT2D eigenvalue weighted by Gasteiger charge is -2.34. The van der Waals surface area contributed by atoms with Crippen molar-refractivity contribution in [1.29, 1.82) is 0 Å². The van der Waals surface area contributed by atoms with Crippen molar-refractivity contribution in [3.05, 3.63) is 11.3 Å². The topological polar surface area (TPSA) is 33.6 Å². The first-order valence-electron chi connectivity index (χ1n) is 8.17. The van der Waals surface area contributed by atoms with Gasteiger partial charge in [-0.25, -0.2) is 0 Å². The molecule has 1 N–H and O–H groups in total. The normalized spacial score (nSPS) is 27.9. The van der Waals surface area contributed by atoms with Gasteiger partial charge in [-0.3, -0.25) is 5.43 Å². The molecule has 20 heavy (non-hydrogen) atoms. The fourth-order valence-corrected chi connectivity index (χ4v) is 3.48. The molecule has 1 heterocycles. The van der Waals surface area contributed by atoms with E-state index in [0.29, 0.717) is 24.0 Å². The van der Waals surface area contributed by atoms with E-state index in [1.807, 2.05) is 0 Å². The predicted molar refractivity (Wildman–Crippen MR) is 84.7 cm³/mol. The molecule has 2 aliphatic rings. The van der Waals surface area contributed by atoms with E-state index in [1.54, 1.807) is 5.57 Å². The molecule has 2 rings (SSSR count). The lowest BCUT2D eigenvalue weighted by molar-refractivity contribution is -0.00444. The molecule has 1 aliphatic carbocycles. The molecule has 0 spiro atoms. The van der Waals surface area contributed by atoms with Gasteiger partial charge in [-0.2, -0.15) is 5.10 Å². The van der Waals surface area contributed by atoms with Gasteiger partial charge in [-0.05, 0) is 64.4 Å². The van der Waals surface area contributed by atoms with Gasteiger partial charge in [0.2, 0.25) is 0 Å². The Morgan fingerprint density at radius 2 is 1.90 bits per heavy atom. The van der Waals surface area contributed by atoms with Crippen molar-refractivity contribution in [2.24, 2.45) is 16.9 Å². The number of hydrogen-bond acceptors (Lipinski definition) is 3. The van der Waals surface area contributed by atoms with Crippen LogP contribution in [0.25, 0.3) is 0 Å². The Hall–Kier alpha value is -0.830. The summed E-state index contributed by atoms with van der Waals surface area (Å²) in [6.45, 7) is 10.9. The van der Waals surface area contributed by atoms with Crippen molar-refractivity contribution in [2.75, 3.05) is 0 Å². The van der Waals surface area contributed by atoms with Gasteiger partial charge in [0.05, 0.1) is 12.2 Å². The van der Waals surface area contributed by atoms with E-state index in [2.05, 4.69) is 45.1 Å². The molecular formula is C17H30N2O. The number of hydrogen-bond donors (Lipinski definition) is 1. The van der Waals surface area contributed by atoms with Crippen LogP contribution in [-0.2, 0) is 4.74 Å². The third-order valence-corrected chi connectivity index (χ3v) is 4.42. The Kier molecular flexibility index (Phi) is 5.25. The van der Waals surface area contributed by atoms with Crippen LogP contribution in [0, 0.1) is 11.8 Å². The van der Waals surface area contributed by atoms with Crippen LogP contribution in [0.15, 0.2) is 16.4 Å². The second-order valence-corrected chi connectivity index (χ2v) is 6.78. The number of allylic oxidation sites excluding steroid dienone is 2. The van der Waals surface area contributed by atoms with Gasteiger partial charge in [-0.15, -0.1) is 0 Å². The maximum Gasteiger partial charge on any atom is 0.0581 e. The van der Waals surface area contributed by atoms with Gasteiger partial charge >= 0.3 is 0 Å². The maximum atomic E-state index is 6.04. The third-order valence-electron chi connectivity index (χ3n) is 4.42. The van der Waals surface area contributed by atoms with E-state index in [1.165, 1.54) is 30.7 Å². The zero-order chi connectivity index (χ0) is 14.7. The number of hydrazone groups is 1. The largest absolute Gasteiger partial charge is 0.376 e. The molecule has 1 saturated carbocycles. The summed E-state index contributed by atoms with van der Waals surface area (Å²) in [5, 5.41) is 4.61. The highest BCUT2D eigenvalue weighted by Crippen LogP contribution is 2.35. The minimum Gasteiger partial charge on any atom is -0.376 e. The minimum absolute atomic E-state index is 0.336. The number of rotatable bonds is 3. The Bertz CT molecular complexity index is 396. The lowest BCUT2D eigenvalue weighted by Crippen LogP contribution is -2.33. The smallest absolute Gasteiger partial charge is 0.0581 e. The number of nitrogens with zero attached hydrogens (tertiary/aromatic N) is 1. The zero-order valence-corrected chi connectivity index (χ0v) is 13.7. The molecule has 0 saturated heterocycles. The molecular weight excluding hydrogens is 248 g/mol. The highest BCUT2D eigenvalue weighted by atomic mass is 16.5. The van der Waals surface area contributed by atoms with Crippen LogP contribution in [0.3, 0.4) is 0 Å². The van der Waals surface area contributed by atoms with Crippen LogP contribution in [0.4, 0.5) is 0 Å². The minimum atomic E-state index is 0.336. The molecule has 1 aliphatic heterocycles. The standard InChI is InChI=1S/C17H30N2O/c1-11(2)17-16-8-6-7-14(20-12(3)4)9-10-15(16)13(5)18-19-17/h11-12,14,16,18H,6-10H2,1-5H3. The third kappa shape index (κ3) is 3.63. The zero-order valence-electron chi connectivity index (χ0n) is 13.7. The molecule has 3 nitrogen and oxygen atoms in total. The SMILES string of the molecule is CC1=C2CCC(OC(C)C)CCCC2C(C(C)C)=NN1. The van der Waals surface area contributed by atoms with E-state index in [0.717, 1.165) is 12.8 Å². The molecule has 0 amide bonds. The van der Waals surface area contributed by atoms with Gasteiger partial charge in [0.1, 0.15) is 0 Å². The van der Waals surface area contributed by atoms with Crippen molar-refractivity contribution < 1.29 is 4.74 Å². The fraction of sp³-hybridized carbons (Fsp3) is 0.824. The first-order chi connectivity index (χ1) is 9.49. The van der Waals surface area contributed by atoms with Crippen molar-refractivity contribution in [1.82, 2.24) is 5.43 Å². The molecule has 0 bridgehead atoms. The lowest BCUT2D eigenvalue weighted by atomic mass is 9.78. The van der Waals surface area contributed by atoms with E-state index < -0.39 is 0 Å². The van der Waals surface area contributed by atoms with Gasteiger partial charge in [0.15, 0.2) is 0 Å². The second-order valence-electron chi connectivity index (χ2n) is 6.78. The van der Waals surface area contributed by atoms with Crippen molar-refractivity contribution in [3.8, 4) is 0 Å². The summed E-state index contributed by atoms with van der Waals surface area (Å²) < 4.78 is 6.04. The first kappa shape index (κ1) is 15.6. The molecule has 114 valence electrons. The highest BCUT2D eigenvalue weighted by Gasteiger charge is 2.30. The summed E-state index contributed by atoms with van der Waals surface area (Å²) in [6.07, 6.45) is 6.72. The number of nitrogens with one attached hydrogen (secondary N) is 1. The highest BCUT2D eigenvalue weighted by molar-refractivity contribution is 5.91. The van der Waals surface area contributed by atoms with E-state index >= 15 is 0 Å². The Morgan fingerprint density at radius 3 is 2.55 bits per heavy atom. The summed E-state index contributed by atoms with van der Waals surface area (Å²) in [7, 11) is 0. The quantitative estimate of drug-likeness (QED) is 0.837. The summed E-state index contributed by atoms with van der Waals surface area (Å²) in [5.74, 6) is 1.09. The van der Waals surface area contributed by atoms with Crippen LogP contribution in [-0.4, -0.2) is 17.9 Å². The summed E-state index contributed by atoms with van der Waals surface area (Å²) in [5.41, 5.74) is 7.42. The molecule has 0 aromatic heterocycles. The summed E-state index contributed by atoms with van der Waals surface area (Å²) in [6, 6.07) is 0. The van der Waals surface area contributed by atoms with Crippen molar-refractivity contribution in [3.63, 3.8) is 0 Å². The molecule has 2 atom stereocenters. The van der Waals surface area contributed by atoms with Gasteiger partial charge in [-0.1, -0.05) is 13.8 Å². The average molecular weight is 278 g/mol. The first-order valence-corrected chi connectivity index (χ1v) is 8.17. The van der Waals surface area contributed by atoms with Gasteiger partial charge in [0, 0.05) is 17.3 Å². The molecule has 3 heteroatoms. The molecule has 2 unspecified atom stereocenters.